The molecule has 1 atom stereocenters. The number of hydrogen-bond acceptors (Lipinski definition) is 5. The lowest BCUT2D eigenvalue weighted by molar-refractivity contribution is -0.143. The molecule has 0 saturated heterocycles. The van der Waals surface area contributed by atoms with Crippen molar-refractivity contribution in [3.8, 4) is 11.1 Å². The lowest BCUT2D eigenvalue weighted by atomic mass is 9.78. The van der Waals surface area contributed by atoms with E-state index in [-0.39, 0.29) is 30.9 Å². The fourth-order valence-electron chi connectivity index (χ4n) is 4.53. The van der Waals surface area contributed by atoms with Crippen molar-refractivity contribution in [3.63, 3.8) is 0 Å². The second-order valence-electron chi connectivity index (χ2n) is 8.35. The number of hydrogen-bond donors (Lipinski definition) is 4. The molecule has 0 spiro atoms. The van der Waals surface area contributed by atoms with Crippen molar-refractivity contribution in [1.29, 1.82) is 0 Å². The van der Waals surface area contributed by atoms with E-state index in [0.717, 1.165) is 11.1 Å². The molecular weight excluding hydrogens is 412 g/mol. The molecule has 2 aromatic rings. The average Bonchev–Trinajstić information content (AvgIpc) is 3.08. The molecule has 2 aromatic carbocycles. The van der Waals surface area contributed by atoms with E-state index < -0.39 is 30.6 Å². The molecule has 1 fully saturated rings. The van der Waals surface area contributed by atoms with Gasteiger partial charge in [-0.05, 0) is 41.0 Å². The van der Waals surface area contributed by atoms with Crippen molar-refractivity contribution >= 4 is 18.0 Å². The Morgan fingerprint density at radius 3 is 2.16 bits per heavy atom. The maximum Gasteiger partial charge on any atom is 0.407 e. The zero-order valence-corrected chi connectivity index (χ0v) is 17.5. The normalized spacial score (nSPS) is 19.8. The zero-order valence-electron chi connectivity index (χ0n) is 17.5. The van der Waals surface area contributed by atoms with E-state index in [1.54, 1.807) is 0 Å². The van der Waals surface area contributed by atoms with Crippen molar-refractivity contribution in [3.05, 3.63) is 59.7 Å². The van der Waals surface area contributed by atoms with Crippen LogP contribution in [-0.4, -0.2) is 53.5 Å². The van der Waals surface area contributed by atoms with Crippen LogP contribution in [0.25, 0.3) is 11.1 Å². The number of fused-ring (bicyclic) bond motifs is 3. The number of rotatable bonds is 8. The van der Waals surface area contributed by atoms with Crippen LogP contribution in [0.5, 0.6) is 0 Å². The molecule has 0 unspecified atom stereocenters. The number of benzene rings is 2. The summed E-state index contributed by atoms with van der Waals surface area (Å²) in [6.07, 6.45) is 0.918. The number of carbonyl (C=O) groups excluding carboxylic acids is 2. The summed E-state index contributed by atoms with van der Waals surface area (Å²) in [5.41, 5.74) is 4.64. The Kier molecular flexibility index (Phi) is 6.41. The van der Waals surface area contributed by atoms with Gasteiger partial charge in [-0.25, -0.2) is 9.59 Å². The molecule has 1 saturated carbocycles. The Hall–Kier alpha value is -3.39. The Labute approximate surface area is 185 Å². The Morgan fingerprint density at radius 2 is 1.59 bits per heavy atom. The lowest BCUT2D eigenvalue weighted by Crippen LogP contribution is -2.48. The van der Waals surface area contributed by atoms with Crippen LogP contribution in [0.15, 0.2) is 48.5 Å². The fourth-order valence-corrected chi connectivity index (χ4v) is 4.53. The van der Waals surface area contributed by atoms with Gasteiger partial charge in [0.05, 0.1) is 6.61 Å². The van der Waals surface area contributed by atoms with Gasteiger partial charge < -0.3 is 25.6 Å². The largest absolute Gasteiger partial charge is 0.480 e. The molecule has 4 rings (SSSR count). The first-order valence-corrected chi connectivity index (χ1v) is 10.7. The quantitative estimate of drug-likeness (QED) is 0.501. The second-order valence-corrected chi connectivity index (χ2v) is 8.35. The molecule has 0 bridgehead atoms. The number of aliphatic hydroxyl groups is 1. The summed E-state index contributed by atoms with van der Waals surface area (Å²) in [5, 5.41) is 23.0. The SMILES string of the molecule is O=C(CC1CC(NC(=O)OCC2c3ccccc3-c3ccccc32)C1)N[C@H](CO)C(=O)O. The minimum absolute atomic E-state index is 0.000286. The molecule has 2 aliphatic carbocycles. The first-order valence-electron chi connectivity index (χ1n) is 10.7. The number of aliphatic carboxylic acids is 1. The number of alkyl carbamates (subject to hydrolysis) is 1. The number of ether oxygens (including phenoxy) is 1. The van der Waals surface area contributed by atoms with Gasteiger partial charge in [-0.2, -0.15) is 0 Å². The summed E-state index contributed by atoms with van der Waals surface area (Å²) in [4.78, 5) is 35.1. The highest BCUT2D eigenvalue weighted by atomic mass is 16.5. The first kappa shape index (κ1) is 21.8. The molecule has 0 aromatic heterocycles. The molecule has 8 heteroatoms. The van der Waals surface area contributed by atoms with Crippen LogP contribution in [-0.2, 0) is 14.3 Å². The summed E-state index contributed by atoms with van der Waals surface area (Å²) in [6, 6.07) is 14.9. The van der Waals surface area contributed by atoms with E-state index >= 15 is 0 Å². The predicted octanol–water partition coefficient (Wildman–Crippen LogP) is 2.26. The smallest absolute Gasteiger partial charge is 0.407 e. The van der Waals surface area contributed by atoms with Crippen LogP contribution < -0.4 is 10.6 Å². The van der Waals surface area contributed by atoms with Crippen molar-refractivity contribution in [2.75, 3.05) is 13.2 Å². The fraction of sp³-hybridized carbons (Fsp3) is 0.375. The maximum atomic E-state index is 12.3. The van der Waals surface area contributed by atoms with Crippen LogP contribution in [0.1, 0.15) is 36.3 Å². The van der Waals surface area contributed by atoms with Crippen LogP contribution in [0.3, 0.4) is 0 Å². The average molecular weight is 438 g/mol. The molecule has 8 nitrogen and oxygen atoms in total. The maximum absolute atomic E-state index is 12.3. The standard InChI is InChI=1S/C24H26N2O6/c27-12-21(23(29)30)26-22(28)11-14-9-15(10-14)25-24(31)32-13-20-18-7-3-1-5-16(18)17-6-2-4-8-19(17)20/h1-8,14-15,20-21,27H,9-13H2,(H,25,31)(H,26,28)(H,29,30)/t14?,15?,21-/m1/s1. The van der Waals surface area contributed by atoms with E-state index in [9.17, 15) is 14.4 Å². The number of aliphatic hydroxyl groups excluding tert-OH is 1. The van der Waals surface area contributed by atoms with Crippen LogP contribution >= 0.6 is 0 Å². The Balaban J connectivity index is 1.23. The molecule has 2 amide bonds. The van der Waals surface area contributed by atoms with Crippen molar-refractivity contribution < 1.29 is 29.3 Å². The van der Waals surface area contributed by atoms with Gasteiger partial charge in [-0.1, -0.05) is 48.5 Å². The molecule has 168 valence electrons. The Morgan fingerprint density at radius 1 is 1.00 bits per heavy atom. The van der Waals surface area contributed by atoms with E-state index in [1.807, 2.05) is 24.3 Å². The molecule has 0 aliphatic heterocycles. The number of carbonyl (C=O) groups is 3. The number of carboxylic acid groups (broad SMARTS) is 1. The van der Waals surface area contributed by atoms with Gasteiger partial charge in [-0.15, -0.1) is 0 Å². The third-order valence-corrected chi connectivity index (χ3v) is 6.19. The predicted molar refractivity (Wildman–Crippen MR) is 116 cm³/mol. The molecule has 4 N–H and O–H groups in total. The minimum Gasteiger partial charge on any atom is -0.480 e. The van der Waals surface area contributed by atoms with Crippen molar-refractivity contribution in [1.82, 2.24) is 10.6 Å². The summed E-state index contributed by atoms with van der Waals surface area (Å²) in [6.45, 7) is -0.409. The van der Waals surface area contributed by atoms with Gasteiger partial charge in [-0.3, -0.25) is 4.79 Å². The summed E-state index contributed by atoms with van der Waals surface area (Å²) < 4.78 is 5.53. The third-order valence-electron chi connectivity index (χ3n) is 6.19. The van der Waals surface area contributed by atoms with Gasteiger partial charge >= 0.3 is 12.1 Å². The minimum atomic E-state index is -1.29. The van der Waals surface area contributed by atoms with Crippen molar-refractivity contribution in [2.45, 2.75) is 37.3 Å². The summed E-state index contributed by atoms with van der Waals surface area (Å²) in [5.74, 6) is -1.64. The molecule has 32 heavy (non-hydrogen) atoms. The highest BCUT2D eigenvalue weighted by Crippen LogP contribution is 2.44. The molecular formula is C24H26N2O6. The number of amides is 2. The van der Waals surface area contributed by atoms with Gasteiger partial charge in [0.1, 0.15) is 12.6 Å². The zero-order chi connectivity index (χ0) is 22.7. The van der Waals surface area contributed by atoms with E-state index in [0.29, 0.717) is 12.8 Å². The van der Waals surface area contributed by atoms with Gasteiger partial charge in [0, 0.05) is 18.4 Å². The monoisotopic (exact) mass is 438 g/mol. The summed E-state index contributed by atoms with van der Waals surface area (Å²) in [7, 11) is 0. The highest BCUT2D eigenvalue weighted by Gasteiger charge is 2.34. The van der Waals surface area contributed by atoms with Crippen molar-refractivity contribution in [2.24, 2.45) is 5.92 Å². The van der Waals surface area contributed by atoms with E-state index in [2.05, 4.69) is 34.9 Å². The summed E-state index contributed by atoms with van der Waals surface area (Å²) >= 11 is 0. The van der Waals surface area contributed by atoms with Gasteiger partial charge in [0.25, 0.3) is 0 Å². The van der Waals surface area contributed by atoms with E-state index in [1.165, 1.54) is 11.1 Å². The molecule has 0 radical (unpaired) electrons. The van der Waals surface area contributed by atoms with Crippen LogP contribution in [0.4, 0.5) is 4.79 Å². The second kappa shape index (κ2) is 9.40. The topological polar surface area (TPSA) is 125 Å². The first-order chi connectivity index (χ1) is 15.5. The number of nitrogens with one attached hydrogen (secondary N) is 2. The van der Waals surface area contributed by atoms with Crippen LogP contribution in [0.2, 0.25) is 0 Å². The lowest BCUT2D eigenvalue weighted by Gasteiger charge is -2.35. The third kappa shape index (κ3) is 4.60. The number of carboxylic acids is 1. The van der Waals surface area contributed by atoms with Gasteiger partial charge in [0.2, 0.25) is 5.91 Å². The highest BCUT2D eigenvalue weighted by molar-refractivity contribution is 5.84. The Bertz CT molecular complexity index is 972. The molecule has 0 heterocycles. The van der Waals surface area contributed by atoms with Gasteiger partial charge in [0.15, 0.2) is 0 Å². The van der Waals surface area contributed by atoms with E-state index in [4.69, 9.17) is 14.9 Å². The molecule has 2 aliphatic rings. The van der Waals surface area contributed by atoms with Crippen LogP contribution in [0, 0.1) is 5.92 Å².